The summed E-state index contributed by atoms with van der Waals surface area (Å²) < 4.78 is 30.5. The Morgan fingerprint density at radius 2 is 1.83 bits per heavy atom. The average Bonchev–Trinajstić information content (AvgIpc) is 3.49. The summed E-state index contributed by atoms with van der Waals surface area (Å²) in [7, 11) is 0. The first-order valence-electron chi connectivity index (χ1n) is 11.6. The molecule has 8 nitrogen and oxygen atoms in total. The van der Waals surface area contributed by atoms with E-state index in [-0.39, 0.29) is 5.69 Å². The zero-order valence-corrected chi connectivity index (χ0v) is 19.6. The van der Waals surface area contributed by atoms with Crippen molar-refractivity contribution in [1.29, 1.82) is 0 Å². The number of carbonyl (C=O) groups excluding carboxylic acids is 1. The number of nitrogens with one attached hydrogen (secondary N) is 2. The molecule has 1 fully saturated rings. The number of piperazine rings is 1. The van der Waals surface area contributed by atoms with Gasteiger partial charge in [0.1, 0.15) is 0 Å². The zero-order valence-electron chi connectivity index (χ0n) is 19.6. The standard InChI is InChI=1S/C25H27F2N7O/c1-16(2)17-3-5-18(6-4-17)34-15-21(23(31-34)24(26)27)30-25(35)20-14-29-33-10-7-19(13-22(20)33)32-11-8-28-9-12-32/h3-7,10,13-16,24,28H,8-9,11-12H2,1-2H3,(H,30,35). The van der Waals surface area contributed by atoms with Gasteiger partial charge >= 0.3 is 0 Å². The fraction of sp³-hybridized carbons (Fsp3) is 0.320. The predicted molar refractivity (Wildman–Crippen MR) is 131 cm³/mol. The molecule has 3 aromatic heterocycles. The van der Waals surface area contributed by atoms with Gasteiger partial charge in [-0.05, 0) is 35.7 Å². The number of pyridine rings is 1. The van der Waals surface area contributed by atoms with Crippen LogP contribution in [0.15, 0.2) is 55.0 Å². The lowest BCUT2D eigenvalue weighted by atomic mass is 10.0. The van der Waals surface area contributed by atoms with E-state index in [0.29, 0.717) is 22.7 Å². The maximum Gasteiger partial charge on any atom is 0.284 e. The van der Waals surface area contributed by atoms with E-state index in [9.17, 15) is 13.6 Å². The number of carbonyl (C=O) groups is 1. The highest BCUT2D eigenvalue weighted by atomic mass is 19.3. The van der Waals surface area contributed by atoms with E-state index in [2.05, 4.69) is 39.6 Å². The Hall–Kier alpha value is -3.79. The summed E-state index contributed by atoms with van der Waals surface area (Å²) >= 11 is 0. The highest BCUT2D eigenvalue weighted by Gasteiger charge is 2.23. The van der Waals surface area contributed by atoms with E-state index >= 15 is 0 Å². The van der Waals surface area contributed by atoms with E-state index in [0.717, 1.165) is 37.4 Å². The van der Waals surface area contributed by atoms with Crippen molar-refractivity contribution in [2.45, 2.75) is 26.2 Å². The van der Waals surface area contributed by atoms with Gasteiger partial charge in [0.25, 0.3) is 12.3 Å². The summed E-state index contributed by atoms with van der Waals surface area (Å²) in [5.41, 5.74) is 3.15. The Kier molecular flexibility index (Phi) is 6.21. The highest BCUT2D eigenvalue weighted by Crippen LogP contribution is 2.29. The monoisotopic (exact) mass is 479 g/mol. The fourth-order valence-corrected chi connectivity index (χ4v) is 4.24. The summed E-state index contributed by atoms with van der Waals surface area (Å²) in [5, 5.41) is 14.2. The number of halogens is 2. The van der Waals surface area contributed by atoms with Gasteiger partial charge in [-0.1, -0.05) is 26.0 Å². The molecular formula is C25H27F2N7O. The molecule has 1 saturated heterocycles. The second-order valence-electron chi connectivity index (χ2n) is 8.88. The van der Waals surface area contributed by atoms with E-state index < -0.39 is 18.0 Å². The Morgan fingerprint density at radius 1 is 1.09 bits per heavy atom. The smallest absolute Gasteiger partial charge is 0.284 e. The largest absolute Gasteiger partial charge is 0.369 e. The minimum absolute atomic E-state index is 0.0319. The average molecular weight is 480 g/mol. The number of nitrogens with zero attached hydrogens (tertiary/aromatic N) is 5. The van der Waals surface area contributed by atoms with E-state index in [1.54, 1.807) is 10.7 Å². The van der Waals surface area contributed by atoms with Crippen LogP contribution in [-0.2, 0) is 0 Å². The van der Waals surface area contributed by atoms with Crippen molar-refractivity contribution in [2.75, 3.05) is 36.4 Å². The van der Waals surface area contributed by atoms with Crippen molar-refractivity contribution in [3.05, 3.63) is 71.8 Å². The van der Waals surface area contributed by atoms with Crippen molar-refractivity contribution in [3.8, 4) is 5.69 Å². The molecule has 35 heavy (non-hydrogen) atoms. The van der Waals surface area contributed by atoms with Crippen molar-refractivity contribution < 1.29 is 13.6 Å². The molecule has 2 N–H and O–H groups in total. The molecule has 5 rings (SSSR count). The minimum Gasteiger partial charge on any atom is -0.369 e. The quantitative estimate of drug-likeness (QED) is 0.433. The molecule has 0 atom stereocenters. The van der Waals surface area contributed by atoms with Crippen LogP contribution in [0.4, 0.5) is 20.2 Å². The molecule has 1 aliphatic heterocycles. The van der Waals surface area contributed by atoms with Gasteiger partial charge in [-0.15, -0.1) is 0 Å². The van der Waals surface area contributed by atoms with Crippen molar-refractivity contribution >= 4 is 22.8 Å². The molecule has 1 aliphatic rings. The molecule has 0 bridgehead atoms. The van der Waals surface area contributed by atoms with Crippen LogP contribution in [0.25, 0.3) is 11.2 Å². The van der Waals surface area contributed by atoms with Gasteiger partial charge in [0.15, 0.2) is 5.69 Å². The molecule has 4 aromatic rings. The Balaban J connectivity index is 1.43. The van der Waals surface area contributed by atoms with Gasteiger partial charge < -0.3 is 15.5 Å². The predicted octanol–water partition coefficient (Wildman–Crippen LogP) is 4.24. The third-order valence-corrected chi connectivity index (χ3v) is 6.25. The number of hydrogen-bond acceptors (Lipinski definition) is 5. The lowest BCUT2D eigenvalue weighted by Crippen LogP contribution is -2.43. The number of hydrogen-bond donors (Lipinski definition) is 2. The van der Waals surface area contributed by atoms with Gasteiger partial charge in [-0.2, -0.15) is 10.2 Å². The molecule has 0 saturated carbocycles. The zero-order chi connectivity index (χ0) is 24.5. The van der Waals surface area contributed by atoms with Crippen LogP contribution in [0.5, 0.6) is 0 Å². The van der Waals surface area contributed by atoms with Gasteiger partial charge in [0.05, 0.1) is 34.8 Å². The number of alkyl halides is 2. The number of fused-ring (bicyclic) bond motifs is 1. The second-order valence-corrected chi connectivity index (χ2v) is 8.88. The van der Waals surface area contributed by atoms with Gasteiger partial charge in [-0.3, -0.25) is 4.79 Å². The minimum atomic E-state index is -2.84. The highest BCUT2D eigenvalue weighted by molar-refractivity contribution is 6.09. The van der Waals surface area contributed by atoms with E-state index in [1.165, 1.54) is 17.1 Å². The van der Waals surface area contributed by atoms with Crippen LogP contribution in [0.3, 0.4) is 0 Å². The summed E-state index contributed by atoms with van der Waals surface area (Å²) in [5.74, 6) is -0.167. The van der Waals surface area contributed by atoms with Crippen LogP contribution in [-0.4, -0.2) is 51.5 Å². The third kappa shape index (κ3) is 4.61. The van der Waals surface area contributed by atoms with E-state index in [1.807, 2.05) is 36.4 Å². The van der Waals surface area contributed by atoms with Crippen LogP contribution >= 0.6 is 0 Å². The van der Waals surface area contributed by atoms with Gasteiger partial charge in [-0.25, -0.2) is 18.0 Å². The number of amides is 1. The molecule has 182 valence electrons. The SMILES string of the molecule is CC(C)c1ccc(-n2cc(NC(=O)c3cnn4ccc(N5CCNCC5)cc34)c(C(F)F)n2)cc1. The number of rotatable bonds is 6. The first kappa shape index (κ1) is 23.0. The molecule has 10 heteroatoms. The maximum absolute atomic E-state index is 13.8. The van der Waals surface area contributed by atoms with E-state index in [4.69, 9.17) is 0 Å². The molecule has 1 aromatic carbocycles. The van der Waals surface area contributed by atoms with Crippen LogP contribution in [0.2, 0.25) is 0 Å². The lowest BCUT2D eigenvalue weighted by Gasteiger charge is -2.29. The van der Waals surface area contributed by atoms with Crippen molar-refractivity contribution in [3.63, 3.8) is 0 Å². The summed E-state index contributed by atoms with van der Waals surface area (Å²) in [6, 6.07) is 11.4. The first-order chi connectivity index (χ1) is 16.9. The third-order valence-electron chi connectivity index (χ3n) is 6.25. The summed E-state index contributed by atoms with van der Waals surface area (Å²) in [4.78, 5) is 15.4. The molecule has 0 unspecified atom stereocenters. The summed E-state index contributed by atoms with van der Waals surface area (Å²) in [6.45, 7) is 7.66. The Morgan fingerprint density at radius 3 is 2.51 bits per heavy atom. The van der Waals surface area contributed by atoms with Gasteiger partial charge in [0.2, 0.25) is 0 Å². The first-order valence-corrected chi connectivity index (χ1v) is 11.6. The maximum atomic E-state index is 13.8. The molecule has 0 spiro atoms. The molecule has 0 aliphatic carbocycles. The second kappa shape index (κ2) is 9.46. The molecule has 1 amide bonds. The lowest BCUT2D eigenvalue weighted by molar-refractivity contribution is 0.102. The topological polar surface area (TPSA) is 79.5 Å². The Labute approximate surface area is 201 Å². The summed E-state index contributed by atoms with van der Waals surface area (Å²) in [6.07, 6.45) is 1.82. The van der Waals surface area contributed by atoms with Crippen LogP contribution < -0.4 is 15.5 Å². The normalized spacial score (nSPS) is 14.3. The fourth-order valence-electron chi connectivity index (χ4n) is 4.24. The van der Waals surface area contributed by atoms with Gasteiger partial charge in [0, 0.05) is 38.1 Å². The van der Waals surface area contributed by atoms with Crippen LogP contribution in [0, 0.1) is 0 Å². The van der Waals surface area contributed by atoms with Crippen molar-refractivity contribution in [2.24, 2.45) is 0 Å². The number of benzene rings is 1. The number of anilines is 2. The number of aromatic nitrogens is 4. The molecule has 4 heterocycles. The van der Waals surface area contributed by atoms with Crippen molar-refractivity contribution in [1.82, 2.24) is 24.7 Å². The Bertz CT molecular complexity index is 1340. The van der Waals surface area contributed by atoms with Crippen LogP contribution in [0.1, 0.15) is 47.8 Å². The molecular weight excluding hydrogens is 452 g/mol. The molecule has 0 radical (unpaired) electrons.